The average Bonchev–Trinajstić information content (AvgIpc) is 1.97. The molecule has 0 unspecified atom stereocenters. The lowest BCUT2D eigenvalue weighted by Crippen LogP contribution is -2.45. The molecule has 0 aromatic heterocycles. The molecule has 0 fully saturated rings. The van der Waals surface area contributed by atoms with Crippen LogP contribution in [-0.2, 0) is 14.3 Å². The molecule has 0 aliphatic carbocycles. The number of rotatable bonds is 4. The molecular formula is C9H16N2O5. The fourth-order valence-corrected chi connectivity index (χ4v) is 0.851. The summed E-state index contributed by atoms with van der Waals surface area (Å²) < 4.78 is 4.83. The molecule has 0 aliphatic heterocycles. The molecule has 7 nitrogen and oxygen atoms in total. The van der Waals surface area contributed by atoms with Crippen LogP contribution in [0.3, 0.4) is 0 Å². The second-order valence-electron chi connectivity index (χ2n) is 4.21. The second-order valence-corrected chi connectivity index (χ2v) is 4.21. The summed E-state index contributed by atoms with van der Waals surface area (Å²) in [7, 11) is 0. The number of ether oxygens (including phenoxy) is 1. The number of aliphatic carboxylic acids is 1. The van der Waals surface area contributed by atoms with Gasteiger partial charge in [0.25, 0.3) is 0 Å². The summed E-state index contributed by atoms with van der Waals surface area (Å²) in [5.41, 5.74) is 4.10. The van der Waals surface area contributed by atoms with Crippen molar-refractivity contribution in [1.29, 1.82) is 0 Å². The fourth-order valence-electron chi connectivity index (χ4n) is 0.851. The summed E-state index contributed by atoms with van der Waals surface area (Å²) in [6, 6.07) is -1.37. The molecule has 2 amide bonds. The highest BCUT2D eigenvalue weighted by molar-refractivity contribution is 5.86. The Morgan fingerprint density at radius 1 is 1.38 bits per heavy atom. The van der Waals surface area contributed by atoms with E-state index in [1.54, 1.807) is 20.8 Å². The largest absolute Gasteiger partial charge is 0.480 e. The summed E-state index contributed by atoms with van der Waals surface area (Å²) in [5, 5.41) is 10.7. The van der Waals surface area contributed by atoms with Crippen LogP contribution in [0.1, 0.15) is 27.2 Å². The summed E-state index contributed by atoms with van der Waals surface area (Å²) in [4.78, 5) is 32.4. The van der Waals surface area contributed by atoms with Gasteiger partial charge in [-0.1, -0.05) is 0 Å². The predicted octanol–water partition coefficient (Wildman–Crippen LogP) is -0.160. The van der Waals surface area contributed by atoms with E-state index in [9.17, 15) is 14.4 Å². The molecular weight excluding hydrogens is 216 g/mol. The molecule has 0 aromatic rings. The van der Waals surface area contributed by atoms with E-state index in [0.29, 0.717) is 0 Å². The summed E-state index contributed by atoms with van der Waals surface area (Å²) in [6.07, 6.45) is -1.38. The lowest BCUT2D eigenvalue weighted by molar-refractivity contribution is -0.141. The molecule has 0 saturated heterocycles. The highest BCUT2D eigenvalue weighted by atomic mass is 16.6. The monoisotopic (exact) mass is 232 g/mol. The van der Waals surface area contributed by atoms with E-state index in [1.807, 2.05) is 5.32 Å². The minimum absolute atomic E-state index is 0.478. The van der Waals surface area contributed by atoms with Gasteiger partial charge in [0.15, 0.2) is 0 Å². The number of alkyl carbamates (subject to hydrolysis) is 1. The molecule has 0 rings (SSSR count). The summed E-state index contributed by atoms with van der Waals surface area (Å²) in [6.45, 7) is 4.91. The zero-order chi connectivity index (χ0) is 12.9. The molecule has 16 heavy (non-hydrogen) atoms. The minimum Gasteiger partial charge on any atom is -0.480 e. The van der Waals surface area contributed by atoms with Gasteiger partial charge in [0.1, 0.15) is 11.6 Å². The second kappa shape index (κ2) is 5.34. The first-order valence-electron chi connectivity index (χ1n) is 4.62. The standard InChI is InChI=1S/C9H16N2O5/c1-9(2,3)16-8(15)11-5(7(13)14)4-6(10)12/h5H,4H2,1-3H3,(H2,10,12)(H,11,15)(H,13,14)/t5-/m1/s1. The van der Waals surface area contributed by atoms with Gasteiger partial charge in [0.2, 0.25) is 5.91 Å². The fraction of sp³-hybridized carbons (Fsp3) is 0.667. The molecule has 1 atom stereocenters. The maximum Gasteiger partial charge on any atom is 0.408 e. The van der Waals surface area contributed by atoms with Crippen LogP contribution in [0.2, 0.25) is 0 Å². The van der Waals surface area contributed by atoms with Gasteiger partial charge in [0, 0.05) is 0 Å². The van der Waals surface area contributed by atoms with E-state index in [2.05, 4.69) is 0 Å². The number of carboxylic acids is 1. The number of carbonyl (C=O) groups excluding carboxylic acids is 2. The van der Waals surface area contributed by atoms with Crippen molar-refractivity contribution in [3.63, 3.8) is 0 Å². The van der Waals surface area contributed by atoms with E-state index in [0.717, 1.165) is 0 Å². The van der Waals surface area contributed by atoms with Gasteiger partial charge in [-0.3, -0.25) is 4.79 Å². The first-order valence-corrected chi connectivity index (χ1v) is 4.62. The van der Waals surface area contributed by atoms with Crippen molar-refractivity contribution >= 4 is 18.0 Å². The zero-order valence-corrected chi connectivity index (χ0v) is 9.44. The van der Waals surface area contributed by atoms with Crippen molar-refractivity contribution in [3.05, 3.63) is 0 Å². The number of amides is 2. The van der Waals surface area contributed by atoms with E-state index in [4.69, 9.17) is 15.6 Å². The topological polar surface area (TPSA) is 119 Å². The van der Waals surface area contributed by atoms with E-state index < -0.39 is 36.0 Å². The lowest BCUT2D eigenvalue weighted by Gasteiger charge is -2.21. The van der Waals surface area contributed by atoms with E-state index in [1.165, 1.54) is 0 Å². The zero-order valence-electron chi connectivity index (χ0n) is 9.44. The molecule has 0 saturated carbocycles. The third kappa shape index (κ3) is 6.63. The van der Waals surface area contributed by atoms with Crippen molar-refractivity contribution in [3.8, 4) is 0 Å². The number of carbonyl (C=O) groups is 3. The summed E-state index contributed by atoms with van der Waals surface area (Å²) in [5.74, 6) is -2.16. The Kier molecular flexibility index (Phi) is 4.74. The number of carboxylic acid groups (broad SMARTS) is 1. The Morgan fingerprint density at radius 2 is 1.88 bits per heavy atom. The minimum atomic E-state index is -1.37. The highest BCUT2D eigenvalue weighted by Gasteiger charge is 2.25. The first-order chi connectivity index (χ1) is 7.11. The molecule has 4 N–H and O–H groups in total. The maximum absolute atomic E-state index is 11.2. The van der Waals surface area contributed by atoms with Crippen LogP contribution in [0.15, 0.2) is 0 Å². The van der Waals surface area contributed by atoms with Crippen molar-refractivity contribution in [2.24, 2.45) is 5.73 Å². The molecule has 0 aliphatic rings. The smallest absolute Gasteiger partial charge is 0.408 e. The normalized spacial score (nSPS) is 12.7. The van der Waals surface area contributed by atoms with Crippen molar-refractivity contribution in [1.82, 2.24) is 5.32 Å². The van der Waals surface area contributed by atoms with Crippen LogP contribution in [0.5, 0.6) is 0 Å². The van der Waals surface area contributed by atoms with Gasteiger partial charge < -0.3 is 20.9 Å². The van der Waals surface area contributed by atoms with Crippen LogP contribution in [0, 0.1) is 0 Å². The molecule has 7 heteroatoms. The molecule has 0 aromatic carbocycles. The highest BCUT2D eigenvalue weighted by Crippen LogP contribution is 2.07. The Hall–Kier alpha value is -1.79. The Bertz CT molecular complexity index is 295. The first kappa shape index (κ1) is 14.2. The van der Waals surface area contributed by atoms with Crippen LogP contribution in [-0.4, -0.2) is 34.7 Å². The molecule has 0 spiro atoms. The van der Waals surface area contributed by atoms with Gasteiger partial charge >= 0.3 is 12.1 Å². The Morgan fingerprint density at radius 3 is 2.19 bits per heavy atom. The van der Waals surface area contributed by atoms with Gasteiger partial charge in [0.05, 0.1) is 6.42 Å². The average molecular weight is 232 g/mol. The Labute approximate surface area is 92.9 Å². The molecule has 0 heterocycles. The van der Waals surface area contributed by atoms with Gasteiger partial charge in [-0.15, -0.1) is 0 Å². The number of hydrogen-bond donors (Lipinski definition) is 3. The van der Waals surface area contributed by atoms with Crippen LogP contribution in [0.25, 0.3) is 0 Å². The number of nitrogens with two attached hydrogens (primary N) is 1. The molecule has 0 bridgehead atoms. The Balaban J connectivity index is 4.35. The van der Waals surface area contributed by atoms with Crippen LogP contribution < -0.4 is 11.1 Å². The van der Waals surface area contributed by atoms with E-state index in [-0.39, 0.29) is 0 Å². The van der Waals surface area contributed by atoms with Gasteiger partial charge in [-0.25, -0.2) is 9.59 Å². The lowest BCUT2D eigenvalue weighted by atomic mass is 10.2. The van der Waals surface area contributed by atoms with Crippen molar-refractivity contribution in [2.45, 2.75) is 38.8 Å². The van der Waals surface area contributed by atoms with Gasteiger partial charge in [-0.05, 0) is 20.8 Å². The number of hydrogen-bond acceptors (Lipinski definition) is 4. The predicted molar refractivity (Wildman–Crippen MR) is 54.6 cm³/mol. The number of primary amides is 1. The van der Waals surface area contributed by atoms with Gasteiger partial charge in [-0.2, -0.15) is 0 Å². The molecule has 92 valence electrons. The molecule has 0 radical (unpaired) electrons. The van der Waals surface area contributed by atoms with E-state index >= 15 is 0 Å². The van der Waals surface area contributed by atoms with Crippen LogP contribution in [0.4, 0.5) is 4.79 Å². The van der Waals surface area contributed by atoms with Crippen LogP contribution >= 0.6 is 0 Å². The summed E-state index contributed by atoms with van der Waals surface area (Å²) >= 11 is 0. The SMILES string of the molecule is CC(C)(C)OC(=O)N[C@H](CC(N)=O)C(=O)O. The maximum atomic E-state index is 11.2. The third-order valence-corrected chi connectivity index (χ3v) is 1.39. The van der Waals surface area contributed by atoms with Crippen molar-refractivity contribution < 1.29 is 24.2 Å². The number of nitrogens with one attached hydrogen (secondary N) is 1. The quantitative estimate of drug-likeness (QED) is 0.622. The third-order valence-electron chi connectivity index (χ3n) is 1.39. The van der Waals surface area contributed by atoms with Crippen molar-refractivity contribution in [2.75, 3.05) is 0 Å².